The maximum absolute atomic E-state index is 3.88. The minimum atomic E-state index is 0.590. The van der Waals surface area contributed by atoms with Gasteiger partial charge in [0.05, 0.1) is 0 Å². The molecule has 88 valence electrons. The third-order valence-corrected chi connectivity index (χ3v) is 4.57. The monoisotopic (exact) mass is 209 g/mol. The minimum Gasteiger partial charge on any atom is -0.311 e. The van der Waals surface area contributed by atoms with E-state index in [9.17, 15) is 0 Å². The zero-order valence-electron chi connectivity index (χ0n) is 10.7. The van der Waals surface area contributed by atoms with Gasteiger partial charge in [-0.3, -0.25) is 0 Å². The average Bonchev–Trinajstić information content (AvgIpc) is 2.74. The van der Waals surface area contributed by atoms with Crippen LogP contribution in [0.1, 0.15) is 65.7 Å². The predicted octanol–water partition coefficient (Wildman–Crippen LogP) is 3.73. The van der Waals surface area contributed by atoms with E-state index < -0.39 is 0 Å². The number of nitrogens with one attached hydrogen (secondary N) is 1. The van der Waals surface area contributed by atoms with E-state index >= 15 is 0 Å². The molecule has 0 heterocycles. The molecule has 0 aromatic heterocycles. The van der Waals surface area contributed by atoms with Gasteiger partial charge >= 0.3 is 0 Å². The first-order valence-corrected chi connectivity index (χ1v) is 6.83. The zero-order valence-corrected chi connectivity index (χ0v) is 10.7. The van der Waals surface area contributed by atoms with Crippen molar-refractivity contribution in [3.8, 4) is 0 Å². The van der Waals surface area contributed by atoms with Gasteiger partial charge in [0.25, 0.3) is 0 Å². The van der Waals surface area contributed by atoms with E-state index in [0.717, 1.165) is 18.0 Å². The van der Waals surface area contributed by atoms with E-state index in [1.54, 1.807) is 0 Å². The van der Waals surface area contributed by atoms with Gasteiger partial charge in [0.1, 0.15) is 0 Å². The van der Waals surface area contributed by atoms with Gasteiger partial charge in [0, 0.05) is 12.1 Å². The van der Waals surface area contributed by atoms with E-state index in [1.807, 2.05) is 0 Å². The van der Waals surface area contributed by atoms with Crippen LogP contribution in [-0.4, -0.2) is 12.1 Å². The first-order valence-electron chi connectivity index (χ1n) is 6.83. The summed E-state index contributed by atoms with van der Waals surface area (Å²) in [5, 5.41) is 3.88. The first kappa shape index (κ1) is 11.4. The third kappa shape index (κ3) is 2.96. The van der Waals surface area contributed by atoms with E-state index in [1.165, 1.54) is 44.9 Å². The van der Waals surface area contributed by atoms with Gasteiger partial charge < -0.3 is 5.32 Å². The highest BCUT2D eigenvalue weighted by atomic mass is 15.0. The van der Waals surface area contributed by atoms with Gasteiger partial charge in [-0.05, 0) is 50.4 Å². The Morgan fingerprint density at radius 1 is 1.13 bits per heavy atom. The number of rotatable bonds is 3. The summed E-state index contributed by atoms with van der Waals surface area (Å²) in [5.74, 6) is 0.966. The Hall–Kier alpha value is -0.0400. The Bertz CT molecular complexity index is 203. The van der Waals surface area contributed by atoms with Crippen molar-refractivity contribution in [2.45, 2.75) is 77.8 Å². The Morgan fingerprint density at radius 3 is 2.33 bits per heavy atom. The van der Waals surface area contributed by atoms with Crippen molar-refractivity contribution in [2.75, 3.05) is 0 Å². The van der Waals surface area contributed by atoms with Gasteiger partial charge in [0.15, 0.2) is 0 Å². The zero-order chi connectivity index (χ0) is 10.9. The molecule has 0 aromatic rings. The first-order chi connectivity index (χ1) is 7.07. The molecule has 0 amide bonds. The molecule has 2 atom stereocenters. The summed E-state index contributed by atoms with van der Waals surface area (Å²) in [6.07, 6.45) is 10.0. The lowest BCUT2D eigenvalue weighted by Gasteiger charge is -2.25. The van der Waals surface area contributed by atoms with Gasteiger partial charge in [-0.15, -0.1) is 0 Å². The fourth-order valence-corrected chi connectivity index (χ4v) is 3.54. The largest absolute Gasteiger partial charge is 0.311 e. The lowest BCUT2D eigenvalue weighted by atomic mass is 9.91. The smallest absolute Gasteiger partial charge is 0.00749 e. The second-order valence-corrected chi connectivity index (χ2v) is 6.60. The molecule has 0 saturated heterocycles. The molecular formula is C14H27N. The number of hydrogen-bond acceptors (Lipinski definition) is 1. The summed E-state index contributed by atoms with van der Waals surface area (Å²) >= 11 is 0. The Kier molecular flexibility index (Phi) is 3.39. The summed E-state index contributed by atoms with van der Waals surface area (Å²) in [5.41, 5.74) is 0.590. The van der Waals surface area contributed by atoms with Crippen molar-refractivity contribution in [3.63, 3.8) is 0 Å². The summed E-state index contributed by atoms with van der Waals surface area (Å²) in [6.45, 7) is 7.23. The van der Waals surface area contributed by atoms with Gasteiger partial charge in [-0.2, -0.15) is 0 Å². The van der Waals surface area contributed by atoms with Gasteiger partial charge in [0.2, 0.25) is 0 Å². The number of hydrogen-bond donors (Lipinski definition) is 1. The van der Waals surface area contributed by atoms with Crippen molar-refractivity contribution in [1.29, 1.82) is 0 Å². The summed E-state index contributed by atoms with van der Waals surface area (Å²) in [4.78, 5) is 0. The average molecular weight is 209 g/mol. The normalized spacial score (nSPS) is 33.4. The second kappa shape index (κ2) is 4.45. The Labute approximate surface area is 95.0 Å². The maximum Gasteiger partial charge on any atom is 0.00749 e. The quantitative estimate of drug-likeness (QED) is 0.747. The highest BCUT2D eigenvalue weighted by Gasteiger charge is 2.32. The predicted molar refractivity (Wildman–Crippen MR) is 66.0 cm³/mol. The van der Waals surface area contributed by atoms with Crippen molar-refractivity contribution >= 4 is 0 Å². The minimum absolute atomic E-state index is 0.590. The lowest BCUT2D eigenvalue weighted by Crippen LogP contribution is -2.39. The molecule has 2 aliphatic rings. The molecule has 1 nitrogen and oxygen atoms in total. The molecule has 1 N–H and O–H groups in total. The Morgan fingerprint density at radius 2 is 1.80 bits per heavy atom. The van der Waals surface area contributed by atoms with E-state index in [2.05, 4.69) is 26.1 Å². The molecule has 15 heavy (non-hydrogen) atoms. The van der Waals surface area contributed by atoms with Crippen LogP contribution >= 0.6 is 0 Å². The van der Waals surface area contributed by atoms with Crippen LogP contribution in [0, 0.1) is 11.3 Å². The molecule has 2 aliphatic carbocycles. The molecule has 2 rings (SSSR count). The molecule has 1 unspecified atom stereocenters. The van der Waals surface area contributed by atoms with Crippen molar-refractivity contribution < 1.29 is 0 Å². The lowest BCUT2D eigenvalue weighted by molar-refractivity contribution is 0.317. The highest BCUT2D eigenvalue weighted by molar-refractivity contribution is 4.89. The van der Waals surface area contributed by atoms with Crippen LogP contribution in [0.4, 0.5) is 0 Å². The fraction of sp³-hybridized carbons (Fsp3) is 1.00. The summed E-state index contributed by atoms with van der Waals surface area (Å²) < 4.78 is 0. The molecule has 2 fully saturated rings. The SMILES string of the molecule is C[C@H](NC1CCC(C)(C)C1)C1CCCC1. The molecule has 1 heteroatoms. The molecule has 0 spiro atoms. The summed E-state index contributed by atoms with van der Waals surface area (Å²) in [6, 6.07) is 1.56. The molecule has 0 aliphatic heterocycles. The Balaban J connectivity index is 1.77. The van der Waals surface area contributed by atoms with E-state index in [-0.39, 0.29) is 0 Å². The fourth-order valence-electron chi connectivity index (χ4n) is 3.54. The van der Waals surface area contributed by atoms with Crippen LogP contribution in [0.2, 0.25) is 0 Å². The molecular weight excluding hydrogens is 182 g/mol. The van der Waals surface area contributed by atoms with Crippen molar-refractivity contribution in [2.24, 2.45) is 11.3 Å². The summed E-state index contributed by atoms with van der Waals surface area (Å²) in [7, 11) is 0. The van der Waals surface area contributed by atoms with E-state index in [0.29, 0.717) is 5.41 Å². The molecule has 2 saturated carbocycles. The van der Waals surface area contributed by atoms with Gasteiger partial charge in [-0.1, -0.05) is 26.7 Å². The second-order valence-electron chi connectivity index (χ2n) is 6.60. The molecule has 0 radical (unpaired) electrons. The maximum atomic E-state index is 3.88. The topological polar surface area (TPSA) is 12.0 Å². The van der Waals surface area contributed by atoms with Crippen LogP contribution in [0.3, 0.4) is 0 Å². The van der Waals surface area contributed by atoms with Crippen LogP contribution in [0.25, 0.3) is 0 Å². The van der Waals surface area contributed by atoms with Crippen molar-refractivity contribution in [3.05, 3.63) is 0 Å². The molecule has 0 aromatic carbocycles. The van der Waals surface area contributed by atoms with E-state index in [4.69, 9.17) is 0 Å². The van der Waals surface area contributed by atoms with Crippen molar-refractivity contribution in [1.82, 2.24) is 5.32 Å². The standard InChI is InChI=1S/C14H27N/c1-11(12-6-4-5-7-12)15-13-8-9-14(2,3)10-13/h11-13,15H,4-10H2,1-3H3/t11-,13?/m0/s1. The van der Waals surface area contributed by atoms with Crippen LogP contribution in [0.15, 0.2) is 0 Å². The van der Waals surface area contributed by atoms with Gasteiger partial charge in [-0.25, -0.2) is 0 Å². The molecule has 0 bridgehead atoms. The third-order valence-electron chi connectivity index (χ3n) is 4.57. The van der Waals surface area contributed by atoms with Crippen LogP contribution < -0.4 is 5.32 Å². The van der Waals surface area contributed by atoms with Crippen LogP contribution in [-0.2, 0) is 0 Å². The highest BCUT2D eigenvalue weighted by Crippen LogP contribution is 2.38. The van der Waals surface area contributed by atoms with Crippen LogP contribution in [0.5, 0.6) is 0 Å².